The van der Waals surface area contributed by atoms with E-state index in [2.05, 4.69) is 25.8 Å². The number of nitrogens with one attached hydrogen (secondary N) is 1. The molecule has 31 heavy (non-hydrogen) atoms. The van der Waals surface area contributed by atoms with Gasteiger partial charge in [-0.15, -0.1) is 5.10 Å². The zero-order valence-corrected chi connectivity index (χ0v) is 17.7. The van der Waals surface area contributed by atoms with Gasteiger partial charge in [0.05, 0.1) is 11.9 Å². The third-order valence-corrected chi connectivity index (χ3v) is 6.14. The van der Waals surface area contributed by atoms with Crippen LogP contribution >= 0.6 is 11.8 Å². The van der Waals surface area contributed by atoms with E-state index in [0.717, 1.165) is 18.0 Å². The average Bonchev–Trinajstić information content (AvgIpc) is 3.20. The van der Waals surface area contributed by atoms with Gasteiger partial charge in [0.15, 0.2) is 0 Å². The molecule has 0 saturated carbocycles. The number of rotatable bonds is 5. The Kier molecular flexibility index (Phi) is 6.41. The summed E-state index contributed by atoms with van der Waals surface area (Å²) in [7, 11) is 1.81. The van der Waals surface area contributed by atoms with Crippen LogP contribution in [0.15, 0.2) is 53.8 Å². The average molecular weight is 440 g/mol. The SMILES string of the molecule is Cn1nnnc1SC1CCN(C(=O)Oc2ccc(NC(=O)c3ccccc3)cn2)CC1. The number of aryl methyl sites for hydroxylation is 1. The van der Waals surface area contributed by atoms with Crippen LogP contribution in [-0.4, -0.2) is 60.4 Å². The molecule has 0 unspecified atom stereocenters. The molecule has 1 N–H and O–H groups in total. The molecule has 0 atom stereocenters. The van der Waals surface area contributed by atoms with Gasteiger partial charge in [-0.3, -0.25) is 4.79 Å². The van der Waals surface area contributed by atoms with Crippen molar-refractivity contribution in [1.29, 1.82) is 0 Å². The third kappa shape index (κ3) is 5.37. The molecule has 3 aromatic rings. The summed E-state index contributed by atoms with van der Waals surface area (Å²) in [5, 5.41) is 15.3. The van der Waals surface area contributed by atoms with Crippen LogP contribution in [0.5, 0.6) is 5.88 Å². The number of likely N-dealkylation sites (tertiary alicyclic amines) is 1. The van der Waals surface area contributed by atoms with E-state index < -0.39 is 6.09 Å². The number of carbonyl (C=O) groups is 2. The van der Waals surface area contributed by atoms with Crippen molar-refractivity contribution < 1.29 is 14.3 Å². The van der Waals surface area contributed by atoms with Crippen molar-refractivity contribution in [3.8, 4) is 5.88 Å². The normalized spacial score (nSPS) is 14.3. The fourth-order valence-electron chi connectivity index (χ4n) is 3.09. The predicted molar refractivity (Wildman–Crippen MR) is 114 cm³/mol. The number of hydrogen-bond acceptors (Lipinski definition) is 8. The molecule has 0 bridgehead atoms. The molecule has 10 nitrogen and oxygen atoms in total. The van der Waals surface area contributed by atoms with Crippen molar-refractivity contribution in [3.05, 3.63) is 54.2 Å². The summed E-state index contributed by atoms with van der Waals surface area (Å²) in [6.07, 6.45) is 2.67. The number of thioether (sulfide) groups is 1. The van der Waals surface area contributed by atoms with Gasteiger partial charge >= 0.3 is 6.09 Å². The topological polar surface area (TPSA) is 115 Å². The van der Waals surface area contributed by atoms with Crippen LogP contribution in [0.2, 0.25) is 0 Å². The van der Waals surface area contributed by atoms with E-state index in [1.807, 2.05) is 6.07 Å². The van der Waals surface area contributed by atoms with E-state index in [-0.39, 0.29) is 11.8 Å². The number of aromatic nitrogens is 5. The number of hydrogen-bond donors (Lipinski definition) is 1. The first kappa shape index (κ1) is 20.8. The van der Waals surface area contributed by atoms with Gasteiger partial charge in [-0.1, -0.05) is 30.0 Å². The molecule has 2 aromatic heterocycles. The molecule has 1 aliphatic heterocycles. The number of amides is 2. The Morgan fingerprint density at radius 1 is 1.13 bits per heavy atom. The van der Waals surface area contributed by atoms with Gasteiger partial charge in [-0.05, 0) is 41.5 Å². The second kappa shape index (κ2) is 9.56. The highest BCUT2D eigenvalue weighted by Crippen LogP contribution is 2.28. The quantitative estimate of drug-likeness (QED) is 0.645. The van der Waals surface area contributed by atoms with E-state index in [1.165, 1.54) is 6.20 Å². The number of anilines is 1. The maximum atomic E-state index is 12.4. The van der Waals surface area contributed by atoms with Crippen LogP contribution in [0.25, 0.3) is 0 Å². The Hall–Kier alpha value is -3.47. The summed E-state index contributed by atoms with van der Waals surface area (Å²) in [6, 6.07) is 12.1. The van der Waals surface area contributed by atoms with E-state index in [4.69, 9.17) is 4.74 Å². The van der Waals surface area contributed by atoms with E-state index in [0.29, 0.717) is 29.6 Å². The van der Waals surface area contributed by atoms with Gasteiger partial charge < -0.3 is 15.0 Å². The Bertz CT molecular complexity index is 1030. The summed E-state index contributed by atoms with van der Waals surface area (Å²) in [5.74, 6) is -0.0469. The molecular weight excluding hydrogens is 418 g/mol. The first-order valence-electron chi connectivity index (χ1n) is 9.77. The highest BCUT2D eigenvalue weighted by atomic mass is 32.2. The number of nitrogens with zero attached hydrogens (tertiary/aromatic N) is 6. The Labute approximate surface area is 183 Å². The Morgan fingerprint density at radius 3 is 2.55 bits per heavy atom. The first-order valence-corrected chi connectivity index (χ1v) is 10.6. The summed E-state index contributed by atoms with van der Waals surface area (Å²) in [4.78, 5) is 30.4. The molecule has 1 saturated heterocycles. The first-order chi connectivity index (χ1) is 15.1. The zero-order valence-electron chi connectivity index (χ0n) is 16.8. The molecule has 1 aromatic carbocycles. The van der Waals surface area contributed by atoms with Crippen LogP contribution in [0.1, 0.15) is 23.2 Å². The molecule has 0 spiro atoms. The largest absolute Gasteiger partial charge is 0.416 e. The number of piperidine rings is 1. The van der Waals surface area contributed by atoms with Gasteiger partial charge in [-0.25, -0.2) is 14.5 Å². The summed E-state index contributed by atoms with van der Waals surface area (Å²) < 4.78 is 7.02. The number of pyridine rings is 1. The van der Waals surface area contributed by atoms with Crippen LogP contribution < -0.4 is 10.1 Å². The maximum Gasteiger partial charge on any atom is 0.416 e. The van der Waals surface area contributed by atoms with Crippen molar-refractivity contribution >= 4 is 29.4 Å². The highest BCUT2D eigenvalue weighted by Gasteiger charge is 2.26. The van der Waals surface area contributed by atoms with Crippen LogP contribution in [0.3, 0.4) is 0 Å². The fraction of sp³-hybridized carbons (Fsp3) is 0.300. The number of carbonyl (C=O) groups excluding carboxylic acids is 2. The van der Waals surface area contributed by atoms with Gasteiger partial charge in [0.25, 0.3) is 5.91 Å². The zero-order chi connectivity index (χ0) is 21.6. The van der Waals surface area contributed by atoms with E-state index in [1.54, 1.807) is 64.8 Å². The lowest BCUT2D eigenvalue weighted by Crippen LogP contribution is -2.41. The van der Waals surface area contributed by atoms with Gasteiger partial charge in [0, 0.05) is 37.0 Å². The Balaban J connectivity index is 1.25. The summed E-state index contributed by atoms with van der Waals surface area (Å²) in [6.45, 7) is 1.18. The second-order valence-electron chi connectivity index (χ2n) is 6.96. The van der Waals surface area contributed by atoms with Crippen LogP contribution in [-0.2, 0) is 7.05 Å². The maximum absolute atomic E-state index is 12.4. The van der Waals surface area contributed by atoms with Gasteiger partial charge in [-0.2, -0.15) is 0 Å². The molecule has 2 amide bonds. The predicted octanol–water partition coefficient (Wildman–Crippen LogP) is 2.61. The number of benzene rings is 1. The summed E-state index contributed by atoms with van der Waals surface area (Å²) >= 11 is 1.62. The lowest BCUT2D eigenvalue weighted by atomic mass is 10.1. The second-order valence-corrected chi connectivity index (χ2v) is 8.23. The van der Waals surface area contributed by atoms with Crippen molar-refractivity contribution in [2.75, 3.05) is 18.4 Å². The monoisotopic (exact) mass is 439 g/mol. The number of tetrazole rings is 1. The lowest BCUT2D eigenvalue weighted by Gasteiger charge is -2.30. The smallest absolute Gasteiger partial charge is 0.391 e. The van der Waals surface area contributed by atoms with Gasteiger partial charge in [0.2, 0.25) is 11.0 Å². The molecule has 11 heteroatoms. The lowest BCUT2D eigenvalue weighted by molar-refractivity contribution is 0.102. The van der Waals surface area contributed by atoms with Gasteiger partial charge in [0.1, 0.15) is 0 Å². The minimum atomic E-state index is -0.433. The van der Waals surface area contributed by atoms with Crippen LogP contribution in [0.4, 0.5) is 10.5 Å². The molecule has 4 rings (SSSR count). The minimum Gasteiger partial charge on any atom is -0.391 e. The molecule has 1 aliphatic rings. The molecule has 1 fully saturated rings. The van der Waals surface area contributed by atoms with E-state index in [9.17, 15) is 9.59 Å². The molecule has 3 heterocycles. The fourth-order valence-corrected chi connectivity index (χ4v) is 4.11. The summed E-state index contributed by atoms with van der Waals surface area (Å²) in [5.41, 5.74) is 1.07. The van der Waals surface area contributed by atoms with E-state index >= 15 is 0 Å². The highest BCUT2D eigenvalue weighted by molar-refractivity contribution is 7.99. The van der Waals surface area contributed by atoms with Crippen molar-refractivity contribution in [1.82, 2.24) is 30.1 Å². The third-order valence-electron chi connectivity index (χ3n) is 4.78. The molecule has 0 aliphatic carbocycles. The molecular formula is C20H21N7O3S. The Morgan fingerprint density at radius 2 is 1.90 bits per heavy atom. The van der Waals surface area contributed by atoms with Crippen molar-refractivity contribution in [2.45, 2.75) is 23.2 Å². The standard InChI is InChI=1S/C20H21N7O3S/c1-26-19(23-24-25-26)31-16-9-11-27(12-10-16)20(29)30-17-8-7-15(13-21-17)22-18(28)14-5-3-2-4-6-14/h2-8,13,16H,9-12H2,1H3,(H,22,28). The number of ether oxygens (including phenoxy) is 1. The molecule has 160 valence electrons. The van der Waals surface area contributed by atoms with Crippen molar-refractivity contribution in [2.24, 2.45) is 7.05 Å². The minimum absolute atomic E-state index is 0.185. The van der Waals surface area contributed by atoms with Crippen LogP contribution in [0, 0.1) is 0 Å². The molecule has 0 radical (unpaired) electrons. The van der Waals surface area contributed by atoms with Crippen molar-refractivity contribution in [3.63, 3.8) is 0 Å².